The SMILES string of the molecule is CCCCP(CCCC)(CCCC)=C(C)C(=O)OC. The predicted molar refractivity (Wildman–Crippen MR) is 88.9 cm³/mol. The van der Waals surface area contributed by atoms with Gasteiger partial charge in [-0.15, -0.1) is 0 Å². The normalized spacial score (nSPS) is 11.4. The lowest BCUT2D eigenvalue weighted by molar-refractivity contribution is -0.132. The molecule has 0 aliphatic carbocycles. The summed E-state index contributed by atoms with van der Waals surface area (Å²) in [6.45, 7) is 7.49. The molecule has 19 heavy (non-hydrogen) atoms. The van der Waals surface area contributed by atoms with Crippen LogP contribution in [-0.4, -0.2) is 36.9 Å². The van der Waals surface area contributed by atoms with Gasteiger partial charge < -0.3 is 4.74 Å². The van der Waals surface area contributed by atoms with Crippen LogP contribution in [0.5, 0.6) is 0 Å². The predicted octanol–water partition coefficient (Wildman–Crippen LogP) is 4.77. The van der Waals surface area contributed by atoms with E-state index in [0.29, 0.717) is 0 Å². The molecule has 0 atom stereocenters. The third kappa shape index (κ3) is 6.17. The highest BCUT2D eigenvalue weighted by molar-refractivity contribution is 7.77. The van der Waals surface area contributed by atoms with Crippen LogP contribution in [-0.2, 0) is 9.53 Å². The van der Waals surface area contributed by atoms with Crippen molar-refractivity contribution in [2.45, 2.75) is 66.2 Å². The topological polar surface area (TPSA) is 26.3 Å². The number of unbranched alkanes of at least 4 members (excludes halogenated alkanes) is 3. The fourth-order valence-corrected chi connectivity index (χ4v) is 7.48. The third-order valence-electron chi connectivity index (χ3n) is 4.01. The first-order chi connectivity index (χ1) is 9.07. The summed E-state index contributed by atoms with van der Waals surface area (Å²) in [5.41, 5.74) is 0. The maximum Gasteiger partial charge on any atom is 0.333 e. The fraction of sp³-hybridized carbons (Fsp3) is 0.875. The molecule has 0 saturated heterocycles. The monoisotopic (exact) mass is 288 g/mol. The van der Waals surface area contributed by atoms with Gasteiger partial charge in [-0.3, -0.25) is 0 Å². The fourth-order valence-electron chi connectivity index (χ4n) is 2.56. The maximum absolute atomic E-state index is 12.0. The highest BCUT2D eigenvalue weighted by Gasteiger charge is 2.23. The lowest BCUT2D eigenvalue weighted by Gasteiger charge is -2.29. The van der Waals surface area contributed by atoms with Crippen LogP contribution in [0.2, 0.25) is 0 Å². The average Bonchev–Trinajstić information content (AvgIpc) is 2.45. The van der Waals surface area contributed by atoms with Crippen molar-refractivity contribution in [3.8, 4) is 0 Å². The second-order valence-electron chi connectivity index (χ2n) is 5.45. The minimum atomic E-state index is -1.27. The molecule has 0 heterocycles. The zero-order chi connectivity index (χ0) is 14.7. The molecule has 0 aromatic rings. The Kier molecular flexibility index (Phi) is 10.4. The molecule has 0 aliphatic heterocycles. The number of hydrogen-bond acceptors (Lipinski definition) is 2. The van der Waals surface area contributed by atoms with E-state index in [4.69, 9.17) is 4.74 Å². The van der Waals surface area contributed by atoms with Crippen molar-refractivity contribution in [1.82, 2.24) is 0 Å². The van der Waals surface area contributed by atoms with Gasteiger partial charge in [-0.25, -0.2) is 4.79 Å². The number of carbonyl (C=O) groups is 1. The van der Waals surface area contributed by atoms with Crippen LogP contribution in [0.3, 0.4) is 0 Å². The Bertz CT molecular complexity index is 279. The first-order valence-corrected chi connectivity index (χ1v) is 10.2. The van der Waals surface area contributed by atoms with Gasteiger partial charge in [0, 0.05) is 5.29 Å². The molecular formula is C16H33O2P. The smallest absolute Gasteiger partial charge is 0.333 e. The van der Waals surface area contributed by atoms with Crippen molar-refractivity contribution in [1.29, 1.82) is 0 Å². The zero-order valence-corrected chi connectivity index (χ0v) is 14.5. The van der Waals surface area contributed by atoms with E-state index < -0.39 is 6.89 Å². The standard InChI is InChI=1S/C16H33O2P/c1-6-9-12-19(13-10-7-2,14-11-8-3)15(4)16(17)18-5/h6-14H2,1-5H3. The van der Waals surface area contributed by atoms with E-state index in [0.717, 1.165) is 5.29 Å². The Morgan fingerprint density at radius 2 is 1.26 bits per heavy atom. The van der Waals surface area contributed by atoms with Crippen LogP contribution in [0, 0.1) is 0 Å². The molecule has 0 unspecified atom stereocenters. The highest BCUT2D eigenvalue weighted by Crippen LogP contribution is 2.51. The molecule has 114 valence electrons. The third-order valence-corrected chi connectivity index (χ3v) is 9.13. The Hall–Kier alpha value is -0.230. The first kappa shape index (κ1) is 18.8. The molecule has 0 spiro atoms. The molecule has 0 N–H and O–H groups in total. The summed E-state index contributed by atoms with van der Waals surface area (Å²) >= 11 is 0. The van der Waals surface area contributed by atoms with Crippen LogP contribution in [0.1, 0.15) is 66.2 Å². The number of esters is 1. The van der Waals surface area contributed by atoms with Crippen molar-refractivity contribution >= 4 is 18.1 Å². The molecule has 0 amide bonds. The van der Waals surface area contributed by atoms with Gasteiger partial charge in [0.2, 0.25) is 0 Å². The number of carbonyl (C=O) groups excluding carboxylic acids is 1. The number of rotatable bonds is 10. The summed E-state index contributed by atoms with van der Waals surface area (Å²) in [7, 11) is 1.51. The average molecular weight is 288 g/mol. The number of methoxy groups -OCH3 is 1. The van der Waals surface area contributed by atoms with E-state index in [-0.39, 0.29) is 5.97 Å². The van der Waals surface area contributed by atoms with Gasteiger partial charge in [0.1, 0.15) is 0 Å². The molecule has 0 aromatic carbocycles. The van der Waals surface area contributed by atoms with Crippen molar-refractivity contribution in [2.75, 3.05) is 25.6 Å². The van der Waals surface area contributed by atoms with Gasteiger partial charge >= 0.3 is 5.97 Å². The highest BCUT2D eigenvalue weighted by atomic mass is 31.2. The second kappa shape index (κ2) is 10.5. The van der Waals surface area contributed by atoms with Crippen molar-refractivity contribution in [3.05, 3.63) is 0 Å². The Morgan fingerprint density at radius 1 is 0.895 bits per heavy atom. The molecule has 2 nitrogen and oxygen atoms in total. The Labute approximate surface area is 120 Å². The van der Waals surface area contributed by atoms with Gasteiger partial charge in [0.15, 0.2) is 0 Å². The van der Waals surface area contributed by atoms with Gasteiger partial charge in [0.05, 0.1) is 7.11 Å². The summed E-state index contributed by atoms with van der Waals surface area (Å²) < 4.78 is 5.01. The van der Waals surface area contributed by atoms with E-state index in [1.54, 1.807) is 0 Å². The molecule has 0 bridgehead atoms. The van der Waals surface area contributed by atoms with Gasteiger partial charge in [-0.1, -0.05) is 46.9 Å². The summed E-state index contributed by atoms with van der Waals surface area (Å²) in [5.74, 6) is -0.0587. The van der Waals surface area contributed by atoms with Crippen LogP contribution in [0.25, 0.3) is 0 Å². The molecular weight excluding hydrogens is 255 g/mol. The molecule has 3 heteroatoms. The molecule has 0 fully saturated rings. The van der Waals surface area contributed by atoms with E-state index in [1.807, 2.05) is 6.92 Å². The molecule has 0 rings (SSSR count). The van der Waals surface area contributed by atoms with Crippen molar-refractivity contribution in [3.63, 3.8) is 0 Å². The first-order valence-electron chi connectivity index (χ1n) is 7.86. The minimum Gasteiger partial charge on any atom is -0.466 e. The zero-order valence-electron chi connectivity index (χ0n) is 13.6. The molecule has 0 aromatic heterocycles. The van der Waals surface area contributed by atoms with E-state index in [1.165, 1.54) is 64.1 Å². The van der Waals surface area contributed by atoms with E-state index in [9.17, 15) is 4.79 Å². The summed E-state index contributed by atoms with van der Waals surface area (Å²) in [4.78, 5) is 12.0. The van der Waals surface area contributed by atoms with Gasteiger partial charge in [-0.05, 0) is 44.7 Å². The van der Waals surface area contributed by atoms with Crippen LogP contribution < -0.4 is 0 Å². The Morgan fingerprint density at radius 3 is 1.53 bits per heavy atom. The number of hydrogen-bond donors (Lipinski definition) is 0. The number of ether oxygens (including phenoxy) is 1. The quantitative estimate of drug-likeness (QED) is 0.427. The lowest BCUT2D eigenvalue weighted by atomic mass is 10.4. The minimum absolute atomic E-state index is 0.0587. The summed E-state index contributed by atoms with van der Waals surface area (Å²) in [6, 6.07) is 0. The van der Waals surface area contributed by atoms with E-state index >= 15 is 0 Å². The van der Waals surface area contributed by atoms with Gasteiger partial charge in [0.25, 0.3) is 0 Å². The van der Waals surface area contributed by atoms with Crippen molar-refractivity contribution < 1.29 is 9.53 Å². The van der Waals surface area contributed by atoms with E-state index in [2.05, 4.69) is 20.8 Å². The summed E-state index contributed by atoms with van der Waals surface area (Å²) in [6.07, 6.45) is 11.1. The maximum atomic E-state index is 12.0. The van der Waals surface area contributed by atoms with Crippen LogP contribution in [0.15, 0.2) is 0 Å². The van der Waals surface area contributed by atoms with Crippen LogP contribution in [0.4, 0.5) is 0 Å². The molecule has 0 saturated carbocycles. The second-order valence-corrected chi connectivity index (χ2v) is 9.76. The summed E-state index contributed by atoms with van der Waals surface area (Å²) in [5, 5.41) is 1.06. The van der Waals surface area contributed by atoms with Gasteiger partial charge in [-0.2, -0.15) is 0 Å². The molecule has 0 aliphatic rings. The van der Waals surface area contributed by atoms with Crippen LogP contribution >= 0.6 is 6.89 Å². The molecule has 0 radical (unpaired) electrons. The Balaban J connectivity index is 5.36. The lowest BCUT2D eigenvalue weighted by Crippen LogP contribution is -2.19. The largest absolute Gasteiger partial charge is 0.466 e. The van der Waals surface area contributed by atoms with Crippen molar-refractivity contribution in [2.24, 2.45) is 0 Å².